The van der Waals surface area contributed by atoms with Crippen molar-refractivity contribution in [3.05, 3.63) is 0 Å². The molecule has 0 unspecified atom stereocenters. The molecule has 2 N–H and O–H groups in total. The van der Waals surface area contributed by atoms with Gasteiger partial charge in [0.25, 0.3) is 0 Å². The molecule has 1 aromatic rings. The second-order valence-corrected chi connectivity index (χ2v) is 3.74. The Balaban J connectivity index is 2.93. The van der Waals surface area contributed by atoms with Gasteiger partial charge in [-0.2, -0.15) is 9.97 Å². The zero-order chi connectivity index (χ0) is 13.4. The summed E-state index contributed by atoms with van der Waals surface area (Å²) in [6, 6.07) is 0.491. The molecule has 0 aliphatic carbocycles. The fraction of sp³-hybridized carbons (Fsp3) is 0.727. The van der Waals surface area contributed by atoms with Gasteiger partial charge in [0.1, 0.15) is 0 Å². The van der Waals surface area contributed by atoms with E-state index in [2.05, 4.69) is 21.9 Å². The minimum atomic E-state index is 0.246. The molecule has 0 bridgehead atoms. The molecule has 0 spiro atoms. The quantitative estimate of drug-likeness (QED) is 0.721. The van der Waals surface area contributed by atoms with E-state index in [0.717, 1.165) is 19.4 Å². The Kier molecular flexibility index (Phi) is 6.13. The number of unbranched alkanes of at least 4 members (excludes halogenated alkanes) is 1. The Bertz CT molecular complexity index is 339. The van der Waals surface area contributed by atoms with E-state index in [-0.39, 0.29) is 12.0 Å². The predicted octanol–water partition coefficient (Wildman–Crippen LogP) is 0.454. The zero-order valence-electron chi connectivity index (χ0n) is 11.2. The molecule has 7 heteroatoms. The highest BCUT2D eigenvalue weighted by molar-refractivity contribution is 5.32. The summed E-state index contributed by atoms with van der Waals surface area (Å²) in [5.74, 6) is 0.539. The molecule has 0 atom stereocenters. The summed E-state index contributed by atoms with van der Waals surface area (Å²) in [6.07, 6.45) is 2.15. The summed E-state index contributed by atoms with van der Waals surface area (Å²) in [4.78, 5) is 14.4. The van der Waals surface area contributed by atoms with Crippen molar-refractivity contribution in [1.29, 1.82) is 0 Å². The normalized spacial score (nSPS) is 10.2. The summed E-state index contributed by atoms with van der Waals surface area (Å²) in [5, 5.41) is 0. The van der Waals surface area contributed by atoms with Crippen LogP contribution in [0.2, 0.25) is 0 Å². The lowest BCUT2D eigenvalue weighted by Crippen LogP contribution is -2.32. The minimum Gasteiger partial charge on any atom is -0.467 e. The van der Waals surface area contributed by atoms with Crippen molar-refractivity contribution in [3.63, 3.8) is 0 Å². The van der Waals surface area contributed by atoms with Gasteiger partial charge in [-0.25, -0.2) is 0 Å². The van der Waals surface area contributed by atoms with Crippen LogP contribution in [0.3, 0.4) is 0 Å². The Morgan fingerprint density at radius 3 is 2.11 bits per heavy atom. The average Bonchev–Trinajstić information content (AvgIpc) is 2.42. The SMILES string of the molecule is CCCCN(CCN)c1nc(OC)nc(OC)n1. The molecule has 0 saturated carbocycles. The van der Waals surface area contributed by atoms with E-state index in [1.165, 1.54) is 14.2 Å². The summed E-state index contributed by atoms with van der Waals surface area (Å²) in [7, 11) is 3.02. The molecule has 1 aromatic heterocycles. The van der Waals surface area contributed by atoms with E-state index in [4.69, 9.17) is 15.2 Å². The molecule has 0 fully saturated rings. The Hall–Kier alpha value is -1.63. The highest BCUT2D eigenvalue weighted by Crippen LogP contribution is 2.16. The van der Waals surface area contributed by atoms with E-state index in [9.17, 15) is 0 Å². The van der Waals surface area contributed by atoms with Crippen molar-refractivity contribution in [3.8, 4) is 12.0 Å². The topological polar surface area (TPSA) is 86.4 Å². The maximum atomic E-state index is 5.60. The predicted molar refractivity (Wildman–Crippen MR) is 69.1 cm³/mol. The standard InChI is InChI=1S/C11H21N5O2/c1-4-5-7-16(8-6-12)9-13-10(17-2)15-11(14-9)18-3/h4-8,12H2,1-3H3. The molecule has 0 radical (unpaired) electrons. The molecular weight excluding hydrogens is 234 g/mol. The molecule has 1 heterocycles. The fourth-order valence-corrected chi connectivity index (χ4v) is 1.47. The zero-order valence-corrected chi connectivity index (χ0v) is 11.2. The lowest BCUT2D eigenvalue weighted by Gasteiger charge is -2.21. The van der Waals surface area contributed by atoms with Gasteiger partial charge in [-0.15, -0.1) is 4.98 Å². The van der Waals surface area contributed by atoms with Crippen LogP contribution in [-0.2, 0) is 0 Å². The van der Waals surface area contributed by atoms with Crippen LogP contribution in [0.1, 0.15) is 19.8 Å². The summed E-state index contributed by atoms with van der Waals surface area (Å²) < 4.78 is 10.1. The van der Waals surface area contributed by atoms with Crippen LogP contribution < -0.4 is 20.1 Å². The van der Waals surface area contributed by atoms with Crippen LogP contribution in [0.15, 0.2) is 0 Å². The second kappa shape index (κ2) is 7.65. The second-order valence-electron chi connectivity index (χ2n) is 3.74. The first-order chi connectivity index (χ1) is 8.74. The Morgan fingerprint density at radius 2 is 1.67 bits per heavy atom. The molecule has 0 aliphatic heterocycles. The van der Waals surface area contributed by atoms with Crippen molar-refractivity contribution >= 4 is 5.95 Å². The number of rotatable bonds is 8. The summed E-state index contributed by atoms with van der Waals surface area (Å²) in [6.45, 7) is 4.22. The number of methoxy groups -OCH3 is 2. The maximum absolute atomic E-state index is 5.60. The van der Waals surface area contributed by atoms with Gasteiger partial charge in [0.15, 0.2) is 0 Å². The highest BCUT2D eigenvalue weighted by Gasteiger charge is 2.13. The minimum absolute atomic E-state index is 0.246. The number of nitrogens with zero attached hydrogens (tertiary/aromatic N) is 4. The van der Waals surface area contributed by atoms with Crippen molar-refractivity contribution in [2.24, 2.45) is 5.73 Å². The number of hydrogen-bond acceptors (Lipinski definition) is 7. The molecule has 0 saturated heterocycles. The third-order valence-electron chi connectivity index (χ3n) is 2.41. The Morgan fingerprint density at radius 1 is 1.06 bits per heavy atom. The van der Waals surface area contributed by atoms with Crippen LogP contribution in [0, 0.1) is 0 Å². The van der Waals surface area contributed by atoms with Gasteiger partial charge in [-0.1, -0.05) is 13.3 Å². The fourth-order valence-electron chi connectivity index (χ4n) is 1.47. The molecule has 0 amide bonds. The van der Waals surface area contributed by atoms with E-state index < -0.39 is 0 Å². The largest absolute Gasteiger partial charge is 0.467 e. The molecule has 0 aliphatic rings. The first kappa shape index (κ1) is 14.4. The van der Waals surface area contributed by atoms with E-state index in [0.29, 0.717) is 19.0 Å². The van der Waals surface area contributed by atoms with Gasteiger partial charge in [0, 0.05) is 19.6 Å². The first-order valence-corrected chi connectivity index (χ1v) is 6.04. The third kappa shape index (κ3) is 3.99. The number of aromatic nitrogens is 3. The number of ether oxygens (including phenoxy) is 2. The molecule has 102 valence electrons. The smallest absolute Gasteiger partial charge is 0.324 e. The van der Waals surface area contributed by atoms with Crippen LogP contribution >= 0.6 is 0 Å². The molecule has 18 heavy (non-hydrogen) atoms. The van der Waals surface area contributed by atoms with Crippen molar-refractivity contribution in [2.75, 3.05) is 38.8 Å². The lowest BCUT2D eigenvalue weighted by molar-refractivity contribution is 0.339. The molecular formula is C11H21N5O2. The lowest BCUT2D eigenvalue weighted by atomic mass is 10.3. The molecule has 1 rings (SSSR count). The van der Waals surface area contributed by atoms with Crippen LogP contribution in [-0.4, -0.2) is 48.8 Å². The van der Waals surface area contributed by atoms with Crippen LogP contribution in [0.25, 0.3) is 0 Å². The highest BCUT2D eigenvalue weighted by atomic mass is 16.5. The van der Waals surface area contributed by atoms with Gasteiger partial charge in [0.05, 0.1) is 14.2 Å². The summed E-state index contributed by atoms with van der Waals surface area (Å²) in [5.41, 5.74) is 5.60. The maximum Gasteiger partial charge on any atom is 0.324 e. The number of anilines is 1. The van der Waals surface area contributed by atoms with Crippen molar-refractivity contribution < 1.29 is 9.47 Å². The van der Waals surface area contributed by atoms with E-state index in [1.54, 1.807) is 0 Å². The van der Waals surface area contributed by atoms with Gasteiger partial charge in [-0.05, 0) is 6.42 Å². The van der Waals surface area contributed by atoms with Crippen LogP contribution in [0.4, 0.5) is 5.95 Å². The molecule has 0 aromatic carbocycles. The average molecular weight is 255 g/mol. The van der Waals surface area contributed by atoms with Gasteiger partial charge in [0.2, 0.25) is 5.95 Å². The third-order valence-corrected chi connectivity index (χ3v) is 2.41. The monoisotopic (exact) mass is 255 g/mol. The van der Waals surface area contributed by atoms with Crippen molar-refractivity contribution in [2.45, 2.75) is 19.8 Å². The number of hydrogen-bond donors (Lipinski definition) is 1. The van der Waals surface area contributed by atoms with Crippen LogP contribution in [0.5, 0.6) is 12.0 Å². The van der Waals surface area contributed by atoms with Gasteiger partial charge >= 0.3 is 12.0 Å². The van der Waals surface area contributed by atoms with Crippen molar-refractivity contribution in [1.82, 2.24) is 15.0 Å². The number of nitrogens with two attached hydrogens (primary N) is 1. The van der Waals surface area contributed by atoms with E-state index >= 15 is 0 Å². The molecule has 7 nitrogen and oxygen atoms in total. The summed E-state index contributed by atoms with van der Waals surface area (Å²) >= 11 is 0. The Labute approximate surface area is 107 Å². The van der Waals surface area contributed by atoms with Gasteiger partial charge in [-0.3, -0.25) is 0 Å². The first-order valence-electron chi connectivity index (χ1n) is 6.04. The van der Waals surface area contributed by atoms with E-state index in [1.807, 2.05) is 4.90 Å². The van der Waals surface area contributed by atoms with Gasteiger partial charge < -0.3 is 20.1 Å².